The summed E-state index contributed by atoms with van der Waals surface area (Å²) in [5.74, 6) is 0.892. The molecule has 0 fully saturated rings. The van der Waals surface area contributed by atoms with Crippen molar-refractivity contribution in [3.8, 4) is 17.2 Å². The van der Waals surface area contributed by atoms with Crippen LogP contribution in [0.5, 0.6) is 17.2 Å². The van der Waals surface area contributed by atoms with Crippen molar-refractivity contribution in [3.63, 3.8) is 0 Å². The molecule has 12 heteroatoms. The number of methoxy groups -OCH3 is 3. The zero-order valence-corrected chi connectivity index (χ0v) is 23.9. The van der Waals surface area contributed by atoms with Crippen LogP contribution in [-0.4, -0.2) is 54.7 Å². The standard InChI is InChI=1S/C28H30N4O7S/c1-7-30(8-2)27(34)24-16(3)29-28-31(25(24)19-15-18(37-4)10-12-21(19)38-5)26(33)23(40-28)14-17-9-11-22(39-6)20(13-17)32(35)36/h9-15,25H,7-8H2,1-6H3/b23-14+/t25-/m1/s1. The number of hydrogen-bond donors (Lipinski definition) is 0. The van der Waals surface area contributed by atoms with E-state index in [2.05, 4.69) is 4.99 Å². The molecule has 0 bridgehead atoms. The van der Waals surface area contributed by atoms with Gasteiger partial charge >= 0.3 is 5.69 Å². The SMILES string of the molecule is CCN(CC)C(=O)C1=C(C)N=c2s/c(=C/c3ccc(OC)c([N+](=O)[O-])c3)c(=O)n2[C@@H]1c1cc(OC)ccc1OC. The average Bonchev–Trinajstić information content (AvgIpc) is 3.26. The minimum atomic E-state index is -0.846. The fourth-order valence-electron chi connectivity index (χ4n) is 4.71. The van der Waals surface area contributed by atoms with E-state index < -0.39 is 16.5 Å². The first-order valence-corrected chi connectivity index (χ1v) is 13.4. The van der Waals surface area contributed by atoms with Gasteiger partial charge in [-0.2, -0.15) is 0 Å². The summed E-state index contributed by atoms with van der Waals surface area (Å²) in [5.41, 5.74) is 1.25. The Bertz CT molecular complexity index is 1690. The van der Waals surface area contributed by atoms with Crippen molar-refractivity contribution in [1.29, 1.82) is 0 Å². The third kappa shape index (κ3) is 5.09. The van der Waals surface area contributed by atoms with Crippen LogP contribution in [0.2, 0.25) is 0 Å². The maximum atomic E-state index is 14.0. The van der Waals surface area contributed by atoms with Crippen molar-refractivity contribution >= 4 is 29.0 Å². The van der Waals surface area contributed by atoms with Gasteiger partial charge in [0.2, 0.25) is 0 Å². The summed E-state index contributed by atoms with van der Waals surface area (Å²) < 4.78 is 18.0. The van der Waals surface area contributed by atoms with E-state index in [9.17, 15) is 19.7 Å². The van der Waals surface area contributed by atoms with Gasteiger partial charge < -0.3 is 19.1 Å². The molecule has 0 spiro atoms. The van der Waals surface area contributed by atoms with Crippen molar-refractivity contribution in [2.24, 2.45) is 4.99 Å². The Morgan fingerprint density at radius 2 is 1.77 bits per heavy atom. The molecule has 1 aliphatic rings. The normalized spacial score (nSPS) is 14.8. The van der Waals surface area contributed by atoms with Crippen LogP contribution < -0.4 is 29.1 Å². The van der Waals surface area contributed by atoms with E-state index in [0.29, 0.717) is 56.3 Å². The van der Waals surface area contributed by atoms with Gasteiger partial charge in [-0.25, -0.2) is 4.99 Å². The lowest BCUT2D eigenvalue weighted by molar-refractivity contribution is -0.385. The van der Waals surface area contributed by atoms with Gasteiger partial charge in [0, 0.05) is 24.7 Å². The van der Waals surface area contributed by atoms with Crippen LogP contribution in [0.1, 0.15) is 37.9 Å². The number of rotatable bonds is 9. The first kappa shape index (κ1) is 28.6. The van der Waals surface area contributed by atoms with Gasteiger partial charge in [0.05, 0.1) is 42.1 Å². The molecule has 0 radical (unpaired) electrons. The Labute approximate surface area is 234 Å². The maximum absolute atomic E-state index is 14.0. The number of carbonyl (C=O) groups is 1. The van der Waals surface area contributed by atoms with Crippen molar-refractivity contribution < 1.29 is 23.9 Å². The van der Waals surface area contributed by atoms with Gasteiger partial charge in [-0.15, -0.1) is 0 Å². The number of nitro benzene ring substituents is 1. The summed E-state index contributed by atoms with van der Waals surface area (Å²) >= 11 is 1.14. The number of benzene rings is 2. The van der Waals surface area contributed by atoms with Crippen molar-refractivity contribution in [1.82, 2.24) is 9.47 Å². The molecule has 210 valence electrons. The molecule has 2 aromatic carbocycles. The predicted molar refractivity (Wildman–Crippen MR) is 151 cm³/mol. The molecule has 1 aromatic heterocycles. The van der Waals surface area contributed by atoms with Gasteiger partial charge in [0.1, 0.15) is 17.5 Å². The van der Waals surface area contributed by atoms with E-state index in [0.717, 1.165) is 11.3 Å². The molecule has 1 atom stereocenters. The van der Waals surface area contributed by atoms with E-state index in [-0.39, 0.29) is 17.3 Å². The first-order valence-electron chi connectivity index (χ1n) is 12.5. The Morgan fingerprint density at radius 3 is 2.38 bits per heavy atom. The largest absolute Gasteiger partial charge is 0.497 e. The van der Waals surface area contributed by atoms with E-state index in [4.69, 9.17) is 14.2 Å². The summed E-state index contributed by atoms with van der Waals surface area (Å²) in [5, 5.41) is 11.5. The molecule has 3 aromatic rings. The van der Waals surface area contributed by atoms with Gasteiger partial charge in [-0.05, 0) is 56.7 Å². The molecule has 1 amide bonds. The number of allylic oxidation sites excluding steroid dienone is 1. The molecule has 0 unspecified atom stereocenters. The van der Waals surface area contributed by atoms with Crippen molar-refractivity contribution in [3.05, 3.63) is 88.6 Å². The molecule has 0 saturated carbocycles. The fraction of sp³-hybridized carbons (Fsp3) is 0.321. The summed E-state index contributed by atoms with van der Waals surface area (Å²) in [6.45, 7) is 6.49. The number of ether oxygens (including phenoxy) is 3. The number of aromatic nitrogens is 1. The number of likely N-dealkylation sites (N-methyl/N-ethyl adjacent to an activating group) is 1. The highest BCUT2D eigenvalue weighted by molar-refractivity contribution is 7.07. The second-order valence-corrected chi connectivity index (χ2v) is 9.86. The van der Waals surface area contributed by atoms with Crippen LogP contribution in [0.25, 0.3) is 6.08 Å². The minimum absolute atomic E-state index is 0.115. The number of carbonyl (C=O) groups excluding carboxylic acids is 1. The first-order chi connectivity index (χ1) is 19.2. The number of fused-ring (bicyclic) bond motifs is 1. The van der Waals surface area contributed by atoms with Gasteiger partial charge in [0.15, 0.2) is 10.6 Å². The lowest BCUT2D eigenvalue weighted by Crippen LogP contribution is -2.43. The predicted octanol–water partition coefficient (Wildman–Crippen LogP) is 3.04. The van der Waals surface area contributed by atoms with Crippen molar-refractivity contribution in [2.45, 2.75) is 26.8 Å². The number of amides is 1. The van der Waals surface area contributed by atoms with E-state index in [1.165, 1.54) is 38.0 Å². The summed E-state index contributed by atoms with van der Waals surface area (Å²) in [4.78, 5) is 45.5. The highest BCUT2D eigenvalue weighted by Gasteiger charge is 2.36. The zero-order chi connectivity index (χ0) is 29.1. The maximum Gasteiger partial charge on any atom is 0.311 e. The average molecular weight is 567 g/mol. The van der Waals surface area contributed by atoms with E-state index in [1.807, 2.05) is 13.8 Å². The quantitative estimate of drug-likeness (QED) is 0.288. The second kappa shape index (κ2) is 11.7. The van der Waals surface area contributed by atoms with E-state index >= 15 is 0 Å². The van der Waals surface area contributed by atoms with Gasteiger partial charge in [0.25, 0.3) is 11.5 Å². The topological polar surface area (TPSA) is 126 Å². The van der Waals surface area contributed by atoms with Crippen LogP contribution in [0.4, 0.5) is 5.69 Å². The molecule has 1 aliphatic heterocycles. The lowest BCUT2D eigenvalue weighted by Gasteiger charge is -2.30. The lowest BCUT2D eigenvalue weighted by atomic mass is 9.93. The third-order valence-electron chi connectivity index (χ3n) is 6.73. The molecule has 0 N–H and O–H groups in total. The van der Waals surface area contributed by atoms with Crippen LogP contribution in [0, 0.1) is 10.1 Å². The Hall–Kier alpha value is -4.45. The Balaban J connectivity index is 2.01. The summed E-state index contributed by atoms with van der Waals surface area (Å²) in [7, 11) is 4.41. The van der Waals surface area contributed by atoms with Gasteiger partial charge in [-0.1, -0.05) is 17.4 Å². The smallest absolute Gasteiger partial charge is 0.311 e. The highest BCUT2D eigenvalue weighted by atomic mass is 32.1. The van der Waals surface area contributed by atoms with Crippen LogP contribution >= 0.6 is 11.3 Å². The zero-order valence-electron chi connectivity index (χ0n) is 23.1. The molecule has 40 heavy (non-hydrogen) atoms. The number of nitro groups is 1. The minimum Gasteiger partial charge on any atom is -0.497 e. The molecule has 2 heterocycles. The highest BCUT2D eigenvalue weighted by Crippen LogP contribution is 2.38. The molecular weight excluding hydrogens is 536 g/mol. The third-order valence-corrected chi connectivity index (χ3v) is 7.71. The van der Waals surface area contributed by atoms with E-state index in [1.54, 1.807) is 42.2 Å². The molecule has 4 rings (SSSR count). The summed E-state index contributed by atoms with van der Waals surface area (Å²) in [6.07, 6.45) is 1.57. The second-order valence-electron chi connectivity index (χ2n) is 8.86. The van der Waals surface area contributed by atoms with Gasteiger partial charge in [-0.3, -0.25) is 24.3 Å². The summed E-state index contributed by atoms with van der Waals surface area (Å²) in [6, 6.07) is 8.84. The fourth-order valence-corrected chi connectivity index (χ4v) is 5.76. The molecule has 11 nitrogen and oxygen atoms in total. The number of hydrogen-bond acceptors (Lipinski definition) is 9. The molecule has 0 saturated heterocycles. The van der Waals surface area contributed by atoms with Crippen LogP contribution in [-0.2, 0) is 4.79 Å². The van der Waals surface area contributed by atoms with Crippen molar-refractivity contribution in [2.75, 3.05) is 34.4 Å². The van der Waals surface area contributed by atoms with Crippen LogP contribution in [0.3, 0.4) is 0 Å². The number of nitrogens with zero attached hydrogens (tertiary/aromatic N) is 4. The number of thiazole rings is 1. The molecule has 0 aliphatic carbocycles. The van der Waals surface area contributed by atoms with Crippen LogP contribution in [0.15, 0.2) is 57.5 Å². The Morgan fingerprint density at radius 1 is 1.10 bits per heavy atom. The Kier molecular flexibility index (Phi) is 8.38. The molecular formula is C28H30N4O7S. The monoisotopic (exact) mass is 566 g/mol.